The lowest BCUT2D eigenvalue weighted by Gasteiger charge is -2.26. The molecular formula is C19H30N2O. The molecule has 1 saturated heterocycles. The Morgan fingerprint density at radius 3 is 2.64 bits per heavy atom. The van der Waals surface area contributed by atoms with Crippen molar-refractivity contribution in [3.05, 3.63) is 35.4 Å². The van der Waals surface area contributed by atoms with Gasteiger partial charge < -0.3 is 10.6 Å². The number of hydrogen-bond acceptors (Lipinski definition) is 2. The molecule has 0 spiro atoms. The number of amides is 1. The normalized spacial score (nSPS) is 19.0. The van der Waals surface area contributed by atoms with E-state index in [1.54, 1.807) is 0 Å². The summed E-state index contributed by atoms with van der Waals surface area (Å²) < 4.78 is 0. The molecule has 0 aliphatic carbocycles. The minimum absolute atomic E-state index is 0.125. The van der Waals surface area contributed by atoms with Gasteiger partial charge in [0.1, 0.15) is 0 Å². The first-order valence-corrected chi connectivity index (χ1v) is 8.62. The third-order valence-electron chi connectivity index (χ3n) is 4.89. The Balaban J connectivity index is 1.86. The van der Waals surface area contributed by atoms with Crippen molar-refractivity contribution in [2.45, 2.75) is 51.9 Å². The van der Waals surface area contributed by atoms with Gasteiger partial charge in [-0.3, -0.25) is 4.79 Å². The summed E-state index contributed by atoms with van der Waals surface area (Å²) in [4.78, 5) is 12.5. The highest BCUT2D eigenvalue weighted by molar-refractivity contribution is 5.87. The van der Waals surface area contributed by atoms with Gasteiger partial charge in [0.05, 0.1) is 5.41 Å². The van der Waals surface area contributed by atoms with Gasteiger partial charge in [0.2, 0.25) is 5.91 Å². The monoisotopic (exact) mass is 302 g/mol. The van der Waals surface area contributed by atoms with Crippen LogP contribution in [-0.2, 0) is 16.6 Å². The highest BCUT2D eigenvalue weighted by Crippen LogP contribution is 2.24. The SMILES string of the molecule is CCc1ccc(C(C)(C)C(=O)NCCC2CCCNC2)cc1. The van der Waals surface area contributed by atoms with E-state index in [9.17, 15) is 4.79 Å². The van der Waals surface area contributed by atoms with E-state index in [0.29, 0.717) is 5.92 Å². The van der Waals surface area contributed by atoms with Crippen LogP contribution in [0.15, 0.2) is 24.3 Å². The number of rotatable bonds is 6. The molecule has 1 aromatic rings. The van der Waals surface area contributed by atoms with Crippen molar-refractivity contribution in [3.8, 4) is 0 Å². The minimum Gasteiger partial charge on any atom is -0.355 e. The predicted octanol–water partition coefficient (Wildman–Crippen LogP) is 3.03. The van der Waals surface area contributed by atoms with Crippen molar-refractivity contribution in [1.82, 2.24) is 10.6 Å². The molecule has 2 rings (SSSR count). The van der Waals surface area contributed by atoms with Crippen molar-refractivity contribution in [3.63, 3.8) is 0 Å². The Morgan fingerprint density at radius 2 is 2.05 bits per heavy atom. The van der Waals surface area contributed by atoms with E-state index < -0.39 is 5.41 Å². The van der Waals surface area contributed by atoms with Gasteiger partial charge in [-0.1, -0.05) is 31.2 Å². The molecule has 3 heteroatoms. The van der Waals surface area contributed by atoms with Crippen LogP contribution in [0.4, 0.5) is 0 Å². The number of aryl methyl sites for hydroxylation is 1. The second-order valence-corrected chi connectivity index (χ2v) is 6.93. The Bertz CT molecular complexity index is 473. The summed E-state index contributed by atoms with van der Waals surface area (Å²) in [5, 5.41) is 6.56. The Morgan fingerprint density at radius 1 is 1.32 bits per heavy atom. The van der Waals surface area contributed by atoms with Crippen LogP contribution in [-0.4, -0.2) is 25.5 Å². The van der Waals surface area contributed by atoms with Crippen LogP contribution in [0.25, 0.3) is 0 Å². The lowest BCUT2D eigenvalue weighted by Crippen LogP contribution is -2.41. The Labute approximate surface area is 134 Å². The number of hydrogen-bond donors (Lipinski definition) is 2. The highest BCUT2D eigenvalue weighted by Gasteiger charge is 2.29. The molecule has 22 heavy (non-hydrogen) atoms. The molecule has 2 N–H and O–H groups in total. The van der Waals surface area contributed by atoms with Gasteiger partial charge >= 0.3 is 0 Å². The minimum atomic E-state index is -0.475. The van der Waals surface area contributed by atoms with Crippen LogP contribution in [0.3, 0.4) is 0 Å². The summed E-state index contributed by atoms with van der Waals surface area (Å²) >= 11 is 0. The van der Waals surface area contributed by atoms with E-state index in [4.69, 9.17) is 0 Å². The molecule has 1 aliphatic heterocycles. The third kappa shape index (κ3) is 4.33. The van der Waals surface area contributed by atoms with Gasteiger partial charge in [0.15, 0.2) is 0 Å². The molecule has 0 radical (unpaired) electrons. The fourth-order valence-electron chi connectivity index (χ4n) is 3.07. The van der Waals surface area contributed by atoms with Gasteiger partial charge in [0.25, 0.3) is 0 Å². The molecule has 1 heterocycles. The quantitative estimate of drug-likeness (QED) is 0.848. The largest absolute Gasteiger partial charge is 0.355 e. The van der Waals surface area contributed by atoms with Gasteiger partial charge in [-0.05, 0) is 69.7 Å². The van der Waals surface area contributed by atoms with Crippen LogP contribution in [0.1, 0.15) is 51.2 Å². The van der Waals surface area contributed by atoms with Crippen molar-refractivity contribution in [1.29, 1.82) is 0 Å². The molecule has 3 nitrogen and oxygen atoms in total. The summed E-state index contributed by atoms with van der Waals surface area (Å²) in [6.45, 7) is 9.17. The summed E-state index contributed by atoms with van der Waals surface area (Å²) in [6, 6.07) is 8.42. The lowest BCUT2D eigenvalue weighted by atomic mass is 9.83. The van der Waals surface area contributed by atoms with Crippen molar-refractivity contribution in [2.75, 3.05) is 19.6 Å². The van der Waals surface area contributed by atoms with Crippen LogP contribution in [0, 0.1) is 5.92 Å². The number of piperidine rings is 1. The van der Waals surface area contributed by atoms with E-state index in [2.05, 4.69) is 41.8 Å². The summed E-state index contributed by atoms with van der Waals surface area (Å²) in [5.41, 5.74) is 1.92. The van der Waals surface area contributed by atoms with Crippen molar-refractivity contribution >= 4 is 5.91 Å². The van der Waals surface area contributed by atoms with Crippen molar-refractivity contribution in [2.24, 2.45) is 5.92 Å². The summed E-state index contributed by atoms with van der Waals surface area (Å²) in [7, 11) is 0. The second-order valence-electron chi connectivity index (χ2n) is 6.93. The van der Waals surface area contributed by atoms with Gasteiger partial charge in [-0.25, -0.2) is 0 Å². The average molecular weight is 302 g/mol. The number of carbonyl (C=O) groups excluding carboxylic acids is 1. The van der Waals surface area contributed by atoms with Gasteiger partial charge in [-0.2, -0.15) is 0 Å². The van der Waals surface area contributed by atoms with Gasteiger partial charge in [0, 0.05) is 6.54 Å². The Kier molecular flexibility index (Phi) is 6.01. The molecule has 0 aromatic heterocycles. The molecule has 1 amide bonds. The first-order valence-electron chi connectivity index (χ1n) is 8.62. The molecule has 1 unspecified atom stereocenters. The topological polar surface area (TPSA) is 41.1 Å². The maximum absolute atomic E-state index is 12.5. The fourth-order valence-corrected chi connectivity index (χ4v) is 3.07. The van der Waals surface area contributed by atoms with Crippen LogP contribution in [0.2, 0.25) is 0 Å². The summed E-state index contributed by atoms with van der Waals surface area (Å²) in [5.74, 6) is 0.835. The zero-order valence-corrected chi connectivity index (χ0v) is 14.2. The number of nitrogens with one attached hydrogen (secondary N) is 2. The molecule has 122 valence electrons. The van der Waals surface area contributed by atoms with E-state index in [-0.39, 0.29) is 5.91 Å². The Hall–Kier alpha value is -1.35. The number of carbonyl (C=O) groups is 1. The van der Waals surface area contributed by atoms with Crippen LogP contribution < -0.4 is 10.6 Å². The van der Waals surface area contributed by atoms with Gasteiger partial charge in [-0.15, -0.1) is 0 Å². The molecule has 0 saturated carbocycles. The summed E-state index contributed by atoms with van der Waals surface area (Å²) in [6.07, 6.45) is 4.64. The maximum Gasteiger partial charge on any atom is 0.230 e. The maximum atomic E-state index is 12.5. The average Bonchev–Trinajstić information content (AvgIpc) is 2.55. The van der Waals surface area contributed by atoms with Crippen molar-refractivity contribution < 1.29 is 4.79 Å². The molecule has 1 fully saturated rings. The van der Waals surface area contributed by atoms with Crippen LogP contribution >= 0.6 is 0 Å². The predicted molar refractivity (Wildman–Crippen MR) is 92.1 cm³/mol. The fraction of sp³-hybridized carbons (Fsp3) is 0.632. The molecular weight excluding hydrogens is 272 g/mol. The lowest BCUT2D eigenvalue weighted by molar-refractivity contribution is -0.125. The molecule has 1 aromatic carbocycles. The zero-order chi connectivity index (χ0) is 16.0. The van der Waals surface area contributed by atoms with E-state index in [0.717, 1.165) is 38.0 Å². The van der Waals surface area contributed by atoms with E-state index in [1.165, 1.54) is 18.4 Å². The standard InChI is InChI=1S/C19H30N2O/c1-4-15-7-9-17(10-8-15)19(2,3)18(22)21-13-11-16-6-5-12-20-14-16/h7-10,16,20H,4-6,11-14H2,1-3H3,(H,21,22). The highest BCUT2D eigenvalue weighted by atomic mass is 16.2. The van der Waals surface area contributed by atoms with E-state index in [1.807, 2.05) is 13.8 Å². The zero-order valence-electron chi connectivity index (χ0n) is 14.2. The molecule has 0 bridgehead atoms. The third-order valence-corrected chi connectivity index (χ3v) is 4.89. The molecule has 1 aliphatic rings. The number of benzene rings is 1. The first kappa shape index (κ1) is 17.0. The smallest absolute Gasteiger partial charge is 0.230 e. The first-order chi connectivity index (χ1) is 10.5. The van der Waals surface area contributed by atoms with Crippen LogP contribution in [0.5, 0.6) is 0 Å². The second kappa shape index (κ2) is 7.77. The molecule has 1 atom stereocenters. The van der Waals surface area contributed by atoms with E-state index >= 15 is 0 Å².